The maximum absolute atomic E-state index is 13.7. The highest BCUT2D eigenvalue weighted by molar-refractivity contribution is 7.98. The SMILES string of the molecule is CCOC(C)[N+]1(c2ncc[nH]2)C(CO)=NC(c2ccc(F)cc2)=C1c1ccc(SC)cc1. The highest BCUT2D eigenvalue weighted by Crippen LogP contribution is 2.46. The molecule has 4 rings (SSSR count). The van der Waals surface area contributed by atoms with Gasteiger partial charge >= 0.3 is 5.95 Å². The first kappa shape index (κ1) is 22.4. The molecule has 2 aromatic carbocycles. The van der Waals surface area contributed by atoms with Gasteiger partial charge in [0.15, 0.2) is 5.70 Å². The van der Waals surface area contributed by atoms with Gasteiger partial charge in [0.25, 0.3) is 0 Å². The minimum atomic E-state index is -0.440. The summed E-state index contributed by atoms with van der Waals surface area (Å²) in [6.07, 6.45) is 5.01. The van der Waals surface area contributed by atoms with Crippen LogP contribution in [0.2, 0.25) is 0 Å². The molecular weight excluding hydrogens is 427 g/mol. The van der Waals surface area contributed by atoms with Gasteiger partial charge < -0.3 is 9.84 Å². The van der Waals surface area contributed by atoms with Crippen molar-refractivity contribution in [2.24, 2.45) is 4.99 Å². The van der Waals surface area contributed by atoms with Crippen LogP contribution in [0.5, 0.6) is 0 Å². The van der Waals surface area contributed by atoms with Crippen molar-refractivity contribution in [3.05, 3.63) is 77.9 Å². The zero-order valence-electron chi connectivity index (χ0n) is 18.2. The van der Waals surface area contributed by atoms with Gasteiger partial charge in [-0.05, 0) is 61.7 Å². The molecule has 0 fully saturated rings. The van der Waals surface area contributed by atoms with Gasteiger partial charge in [-0.3, -0.25) is 4.98 Å². The second-order valence-electron chi connectivity index (χ2n) is 7.31. The first-order valence-corrected chi connectivity index (χ1v) is 11.6. The molecule has 8 heteroatoms. The molecule has 0 saturated carbocycles. The summed E-state index contributed by atoms with van der Waals surface area (Å²) in [6.45, 7) is 4.06. The number of nitrogens with zero attached hydrogens (tertiary/aromatic N) is 3. The predicted molar refractivity (Wildman–Crippen MR) is 127 cm³/mol. The maximum atomic E-state index is 13.7. The summed E-state index contributed by atoms with van der Waals surface area (Å²) in [6, 6.07) is 14.4. The molecule has 0 amide bonds. The van der Waals surface area contributed by atoms with Crippen LogP contribution < -0.4 is 4.48 Å². The van der Waals surface area contributed by atoms with Crippen LogP contribution in [0.3, 0.4) is 0 Å². The molecule has 32 heavy (non-hydrogen) atoms. The number of quaternary nitrogens is 1. The van der Waals surface area contributed by atoms with E-state index in [-0.39, 0.29) is 16.9 Å². The largest absolute Gasteiger partial charge is 0.384 e. The Bertz CT molecular complexity index is 1130. The predicted octanol–water partition coefficient (Wildman–Crippen LogP) is 4.89. The maximum Gasteiger partial charge on any atom is 0.320 e. The van der Waals surface area contributed by atoms with Crippen LogP contribution in [0, 0.1) is 5.82 Å². The van der Waals surface area contributed by atoms with Crippen LogP contribution in [0.1, 0.15) is 25.0 Å². The van der Waals surface area contributed by atoms with E-state index in [0.29, 0.717) is 24.1 Å². The Labute approximate surface area is 191 Å². The van der Waals surface area contributed by atoms with Crippen LogP contribution in [0.15, 0.2) is 70.8 Å². The van der Waals surface area contributed by atoms with Crippen molar-refractivity contribution < 1.29 is 14.2 Å². The Morgan fingerprint density at radius 2 is 1.81 bits per heavy atom. The Morgan fingerprint density at radius 1 is 1.12 bits per heavy atom. The lowest BCUT2D eigenvalue weighted by atomic mass is 10.0. The van der Waals surface area contributed by atoms with Gasteiger partial charge in [-0.2, -0.15) is 14.5 Å². The number of thioether (sulfide) groups is 1. The molecule has 2 N–H and O–H groups in total. The third-order valence-corrected chi connectivity index (χ3v) is 6.36. The van der Waals surface area contributed by atoms with Gasteiger partial charge in [0, 0.05) is 29.1 Å². The van der Waals surface area contributed by atoms with Gasteiger partial charge in [0.05, 0.1) is 12.8 Å². The van der Waals surface area contributed by atoms with Crippen LogP contribution in [0.25, 0.3) is 11.4 Å². The van der Waals surface area contributed by atoms with Crippen LogP contribution in [0.4, 0.5) is 10.3 Å². The molecule has 0 saturated heterocycles. The molecule has 1 aliphatic rings. The lowest BCUT2D eigenvalue weighted by Gasteiger charge is -2.37. The molecule has 0 spiro atoms. The number of ether oxygens (including phenoxy) is 1. The van der Waals surface area contributed by atoms with Gasteiger partial charge in [0.1, 0.15) is 18.1 Å². The summed E-state index contributed by atoms with van der Waals surface area (Å²) < 4.78 is 19.8. The summed E-state index contributed by atoms with van der Waals surface area (Å²) in [7, 11) is 0. The third-order valence-electron chi connectivity index (χ3n) is 5.62. The molecule has 0 bridgehead atoms. The van der Waals surface area contributed by atoms with E-state index >= 15 is 0 Å². The van der Waals surface area contributed by atoms with E-state index < -0.39 is 6.23 Å². The molecule has 3 aromatic rings. The van der Waals surface area contributed by atoms with E-state index in [9.17, 15) is 9.50 Å². The van der Waals surface area contributed by atoms with E-state index in [0.717, 1.165) is 21.7 Å². The quantitative estimate of drug-likeness (QED) is 0.376. The van der Waals surface area contributed by atoms with E-state index in [2.05, 4.69) is 9.97 Å². The standard InChI is InChI=1S/C24H26FN4O2S/c1-4-31-16(2)29(24-26-13-14-27-24)21(15-30)28-22(17-5-9-19(25)10-6-17)23(29)18-7-11-20(32-3)12-8-18/h5-14,16,30H,4,15H2,1-3H3,(H,26,27)/q+1. The van der Waals surface area contributed by atoms with Crippen LogP contribution in [-0.2, 0) is 4.74 Å². The first-order valence-electron chi connectivity index (χ1n) is 10.4. The molecule has 0 radical (unpaired) electrons. The van der Waals surface area contributed by atoms with Crippen LogP contribution in [-0.4, -0.2) is 46.6 Å². The lowest BCUT2D eigenvalue weighted by molar-refractivity contribution is 0.0165. The van der Waals surface area contributed by atoms with Crippen molar-refractivity contribution in [1.29, 1.82) is 0 Å². The number of imidazole rings is 1. The Balaban J connectivity index is 2.06. The van der Waals surface area contributed by atoms with Crippen molar-refractivity contribution in [1.82, 2.24) is 14.5 Å². The minimum absolute atomic E-state index is 0.0112. The fraction of sp³-hybridized carbons (Fsp3) is 0.250. The van der Waals surface area contributed by atoms with Crippen molar-refractivity contribution in [3.8, 4) is 0 Å². The number of rotatable bonds is 8. The second kappa shape index (κ2) is 9.38. The monoisotopic (exact) mass is 453 g/mol. The van der Waals surface area contributed by atoms with E-state index in [4.69, 9.17) is 9.73 Å². The Kier molecular flexibility index (Phi) is 6.57. The van der Waals surface area contributed by atoms with Gasteiger partial charge in [-0.15, -0.1) is 11.8 Å². The number of H-pyrrole nitrogens is 1. The molecule has 2 atom stereocenters. The first-order chi connectivity index (χ1) is 15.6. The van der Waals surface area contributed by atoms with Gasteiger partial charge in [0.2, 0.25) is 12.1 Å². The average Bonchev–Trinajstić information content (AvgIpc) is 3.46. The zero-order valence-corrected chi connectivity index (χ0v) is 19.1. The van der Waals surface area contributed by atoms with E-state index in [1.165, 1.54) is 12.1 Å². The number of benzene rings is 2. The number of nitrogens with one attached hydrogen (secondary N) is 1. The molecular formula is C24H26FN4O2S+. The lowest BCUT2D eigenvalue weighted by Crippen LogP contribution is -2.59. The molecule has 2 heterocycles. The molecule has 6 nitrogen and oxygen atoms in total. The topological polar surface area (TPSA) is 70.5 Å². The normalized spacial score (nSPS) is 19.3. The minimum Gasteiger partial charge on any atom is -0.384 e. The molecule has 1 aromatic heterocycles. The number of halogens is 1. The van der Waals surface area contributed by atoms with E-state index in [1.54, 1.807) is 36.3 Å². The molecule has 1 aliphatic heterocycles. The average molecular weight is 454 g/mol. The highest BCUT2D eigenvalue weighted by atomic mass is 32.2. The molecule has 2 unspecified atom stereocenters. The molecule has 166 valence electrons. The van der Waals surface area contributed by atoms with Crippen molar-refractivity contribution >= 4 is 34.9 Å². The van der Waals surface area contributed by atoms with Crippen molar-refractivity contribution in [2.75, 3.05) is 19.5 Å². The Morgan fingerprint density at radius 3 is 2.38 bits per heavy atom. The summed E-state index contributed by atoms with van der Waals surface area (Å²) in [4.78, 5) is 13.8. The van der Waals surface area contributed by atoms with Gasteiger partial charge in [-0.25, -0.2) is 4.39 Å². The number of aromatic amines is 1. The number of aliphatic imine (C=N–C) groups is 1. The van der Waals surface area contributed by atoms with Gasteiger partial charge in [-0.1, -0.05) is 0 Å². The summed E-state index contributed by atoms with van der Waals surface area (Å²) >= 11 is 1.66. The van der Waals surface area contributed by atoms with Crippen molar-refractivity contribution in [3.63, 3.8) is 0 Å². The molecule has 0 aliphatic carbocycles. The number of aromatic nitrogens is 2. The fourth-order valence-corrected chi connectivity index (χ4v) is 4.61. The number of amidine groups is 1. The van der Waals surface area contributed by atoms with E-state index in [1.807, 2.05) is 44.4 Å². The second-order valence-corrected chi connectivity index (χ2v) is 8.19. The number of aliphatic hydroxyl groups excluding tert-OH is 1. The third kappa shape index (κ3) is 3.69. The number of hydrogen-bond donors (Lipinski definition) is 2. The number of aliphatic hydroxyl groups is 1. The fourth-order valence-electron chi connectivity index (χ4n) is 4.20. The van der Waals surface area contributed by atoms with Crippen molar-refractivity contribution in [2.45, 2.75) is 25.0 Å². The smallest absolute Gasteiger partial charge is 0.320 e. The summed E-state index contributed by atoms with van der Waals surface area (Å²) in [5.74, 6) is 0.739. The van der Waals surface area contributed by atoms with Crippen LogP contribution >= 0.6 is 11.8 Å². The number of hydrogen-bond acceptors (Lipinski definition) is 5. The summed E-state index contributed by atoms with van der Waals surface area (Å²) in [5, 5.41) is 10.4. The highest BCUT2D eigenvalue weighted by Gasteiger charge is 2.55. The Hall–Kier alpha value is -2.78. The summed E-state index contributed by atoms with van der Waals surface area (Å²) in [5.41, 5.74) is 3.12. The zero-order chi connectivity index (χ0) is 22.7.